The molecule has 4 nitrogen and oxygen atoms in total. The third-order valence-electron chi connectivity index (χ3n) is 4.53. The van der Waals surface area contributed by atoms with Gasteiger partial charge in [0.15, 0.2) is 0 Å². The van der Waals surface area contributed by atoms with Gasteiger partial charge in [-0.1, -0.05) is 57.2 Å². The van der Waals surface area contributed by atoms with Crippen LogP contribution in [0.25, 0.3) is 0 Å². The Balaban J connectivity index is 1.70. The molecule has 0 N–H and O–H groups in total. The van der Waals surface area contributed by atoms with Crippen LogP contribution in [0.2, 0.25) is 0 Å². The van der Waals surface area contributed by atoms with E-state index >= 15 is 0 Å². The summed E-state index contributed by atoms with van der Waals surface area (Å²) in [5, 5.41) is 0. The molecule has 2 aromatic rings. The van der Waals surface area contributed by atoms with Gasteiger partial charge in [-0.2, -0.15) is 0 Å². The maximum absolute atomic E-state index is 12.3. The molecule has 1 heterocycles. The van der Waals surface area contributed by atoms with Gasteiger partial charge in [0.2, 0.25) is 0 Å². The molecule has 0 atom stereocenters. The number of carbonyl (C=O) groups is 2. The second kappa shape index (κ2) is 6.45. The fourth-order valence-corrected chi connectivity index (χ4v) is 3.10. The number of Topliss-reactive ketones (excluding diaryl/α,β-unsaturated/α-hetero) is 1. The summed E-state index contributed by atoms with van der Waals surface area (Å²) < 4.78 is 0. The minimum atomic E-state index is -0.448. The number of benzene rings is 2. The highest BCUT2D eigenvalue weighted by atomic mass is 16.2. The first kappa shape index (κ1) is 17.4. The second-order valence-electron chi connectivity index (χ2n) is 7.68. The van der Waals surface area contributed by atoms with E-state index in [2.05, 4.69) is 45.0 Å². The molecule has 0 fully saturated rings. The molecular weight excluding hydrogens is 312 g/mol. The van der Waals surface area contributed by atoms with E-state index in [9.17, 15) is 9.59 Å². The van der Waals surface area contributed by atoms with Crippen LogP contribution in [0.3, 0.4) is 0 Å². The molecule has 130 valence electrons. The van der Waals surface area contributed by atoms with Crippen molar-refractivity contribution in [3.05, 3.63) is 65.2 Å². The summed E-state index contributed by atoms with van der Waals surface area (Å²) in [5.41, 5.74) is 3.81. The number of hydrogen-bond donors (Lipinski definition) is 0. The standard InChI is InChI=1S/C21H24N2O2/c1-21(2,3)16-11-9-15(10-12-16)13-22(4)14-23-18-8-6-5-7-17(18)19(24)20(23)25/h5-12H,13-14H2,1-4H3. The number of fused-ring (bicyclic) bond motifs is 1. The lowest BCUT2D eigenvalue weighted by molar-refractivity contribution is -0.114. The van der Waals surface area contributed by atoms with Gasteiger partial charge >= 0.3 is 5.91 Å². The van der Waals surface area contributed by atoms with Gasteiger partial charge < -0.3 is 0 Å². The summed E-state index contributed by atoms with van der Waals surface area (Å²) in [6.07, 6.45) is 0. The van der Waals surface area contributed by atoms with Crippen molar-refractivity contribution in [3.63, 3.8) is 0 Å². The molecule has 0 aromatic heterocycles. The lowest BCUT2D eigenvalue weighted by Crippen LogP contribution is -2.38. The lowest BCUT2D eigenvalue weighted by Gasteiger charge is -2.25. The zero-order chi connectivity index (χ0) is 18.2. The van der Waals surface area contributed by atoms with Crippen LogP contribution in [0.1, 0.15) is 42.3 Å². The van der Waals surface area contributed by atoms with E-state index in [0.29, 0.717) is 24.5 Å². The zero-order valence-electron chi connectivity index (χ0n) is 15.2. The number of para-hydroxylation sites is 1. The summed E-state index contributed by atoms with van der Waals surface area (Å²) >= 11 is 0. The topological polar surface area (TPSA) is 40.6 Å². The third-order valence-corrected chi connectivity index (χ3v) is 4.53. The predicted molar refractivity (Wildman–Crippen MR) is 99.7 cm³/mol. The fourth-order valence-electron chi connectivity index (χ4n) is 3.10. The van der Waals surface area contributed by atoms with Crippen molar-refractivity contribution in [2.24, 2.45) is 0 Å². The predicted octanol–water partition coefficient (Wildman–Crippen LogP) is 3.60. The Morgan fingerprint density at radius 3 is 2.24 bits per heavy atom. The number of nitrogens with zero attached hydrogens (tertiary/aromatic N) is 2. The van der Waals surface area contributed by atoms with Crippen molar-refractivity contribution < 1.29 is 9.59 Å². The summed E-state index contributed by atoms with van der Waals surface area (Å²) in [4.78, 5) is 27.9. The number of amides is 1. The number of anilines is 1. The van der Waals surface area contributed by atoms with E-state index in [0.717, 1.165) is 0 Å². The molecule has 0 unspecified atom stereocenters. The zero-order valence-corrected chi connectivity index (χ0v) is 15.2. The molecule has 0 bridgehead atoms. The van der Waals surface area contributed by atoms with Crippen LogP contribution in [0, 0.1) is 0 Å². The van der Waals surface area contributed by atoms with Crippen LogP contribution in [0.4, 0.5) is 5.69 Å². The lowest BCUT2D eigenvalue weighted by atomic mass is 9.87. The first-order valence-electron chi connectivity index (χ1n) is 8.50. The van der Waals surface area contributed by atoms with Crippen molar-refractivity contribution in [2.75, 3.05) is 18.6 Å². The maximum atomic E-state index is 12.3. The summed E-state index contributed by atoms with van der Waals surface area (Å²) in [5.74, 6) is -0.866. The molecule has 0 saturated heterocycles. The Morgan fingerprint density at radius 2 is 1.60 bits per heavy atom. The molecule has 4 heteroatoms. The van der Waals surface area contributed by atoms with E-state index < -0.39 is 11.7 Å². The highest BCUT2D eigenvalue weighted by Gasteiger charge is 2.35. The van der Waals surface area contributed by atoms with Crippen LogP contribution in [0.15, 0.2) is 48.5 Å². The Morgan fingerprint density at radius 1 is 0.960 bits per heavy atom. The molecule has 0 saturated carbocycles. The Hall–Kier alpha value is -2.46. The highest BCUT2D eigenvalue weighted by molar-refractivity contribution is 6.52. The highest BCUT2D eigenvalue weighted by Crippen LogP contribution is 2.28. The molecule has 0 radical (unpaired) electrons. The molecule has 0 spiro atoms. The number of ketones is 1. The average Bonchev–Trinajstić information content (AvgIpc) is 2.80. The minimum Gasteiger partial charge on any atom is -0.291 e. The van der Waals surface area contributed by atoms with E-state index in [1.807, 2.05) is 24.1 Å². The molecule has 25 heavy (non-hydrogen) atoms. The average molecular weight is 336 g/mol. The van der Waals surface area contributed by atoms with Gasteiger partial charge in [0, 0.05) is 6.54 Å². The monoisotopic (exact) mass is 336 g/mol. The van der Waals surface area contributed by atoms with Gasteiger partial charge in [-0.25, -0.2) is 0 Å². The molecule has 1 aliphatic heterocycles. The molecule has 1 aliphatic rings. The first-order valence-corrected chi connectivity index (χ1v) is 8.50. The minimum absolute atomic E-state index is 0.135. The number of rotatable bonds is 4. The molecule has 1 amide bonds. The molecular formula is C21H24N2O2. The van der Waals surface area contributed by atoms with Crippen molar-refractivity contribution in [3.8, 4) is 0 Å². The fraction of sp³-hybridized carbons (Fsp3) is 0.333. The second-order valence-corrected chi connectivity index (χ2v) is 7.68. The molecule has 0 aliphatic carbocycles. The van der Waals surface area contributed by atoms with Crippen LogP contribution >= 0.6 is 0 Å². The van der Waals surface area contributed by atoms with Crippen LogP contribution in [-0.4, -0.2) is 30.3 Å². The molecule has 3 rings (SSSR count). The van der Waals surface area contributed by atoms with Gasteiger partial charge in [-0.05, 0) is 35.7 Å². The van der Waals surface area contributed by atoms with Crippen molar-refractivity contribution >= 4 is 17.4 Å². The first-order chi connectivity index (χ1) is 11.8. The Labute approximate surface area is 149 Å². The van der Waals surface area contributed by atoms with E-state index in [4.69, 9.17) is 0 Å². The third kappa shape index (κ3) is 3.49. The Bertz CT molecular complexity index is 803. The van der Waals surface area contributed by atoms with E-state index in [-0.39, 0.29) is 5.41 Å². The van der Waals surface area contributed by atoms with E-state index in [1.54, 1.807) is 17.0 Å². The quantitative estimate of drug-likeness (QED) is 0.801. The number of hydrogen-bond acceptors (Lipinski definition) is 3. The van der Waals surface area contributed by atoms with E-state index in [1.165, 1.54) is 11.1 Å². The van der Waals surface area contributed by atoms with Crippen LogP contribution < -0.4 is 4.90 Å². The Kier molecular flexibility index (Phi) is 4.48. The van der Waals surface area contributed by atoms with Gasteiger partial charge in [-0.15, -0.1) is 0 Å². The smallest absolute Gasteiger partial charge is 0.291 e. The molecule has 2 aromatic carbocycles. The maximum Gasteiger partial charge on any atom is 0.300 e. The van der Waals surface area contributed by atoms with Gasteiger partial charge in [0.25, 0.3) is 5.78 Å². The van der Waals surface area contributed by atoms with Crippen LogP contribution in [-0.2, 0) is 16.8 Å². The van der Waals surface area contributed by atoms with Gasteiger partial charge in [0.05, 0.1) is 17.9 Å². The van der Waals surface area contributed by atoms with Gasteiger partial charge in [-0.3, -0.25) is 19.4 Å². The summed E-state index contributed by atoms with van der Waals surface area (Å²) in [6.45, 7) is 7.69. The van der Waals surface area contributed by atoms with Crippen LogP contribution in [0.5, 0.6) is 0 Å². The largest absolute Gasteiger partial charge is 0.300 e. The van der Waals surface area contributed by atoms with Crippen molar-refractivity contribution in [1.29, 1.82) is 0 Å². The normalized spacial score (nSPS) is 14.4. The SMILES string of the molecule is CN(Cc1ccc(C(C)(C)C)cc1)CN1C(=O)C(=O)c2ccccc21. The number of carbonyl (C=O) groups excluding carboxylic acids is 2. The van der Waals surface area contributed by atoms with Crippen molar-refractivity contribution in [1.82, 2.24) is 4.90 Å². The van der Waals surface area contributed by atoms with Gasteiger partial charge in [0.1, 0.15) is 0 Å². The van der Waals surface area contributed by atoms with Crippen molar-refractivity contribution in [2.45, 2.75) is 32.7 Å². The summed E-state index contributed by atoms with van der Waals surface area (Å²) in [7, 11) is 1.95. The summed E-state index contributed by atoms with van der Waals surface area (Å²) in [6, 6.07) is 15.7.